The summed E-state index contributed by atoms with van der Waals surface area (Å²) in [5.41, 5.74) is 3.16. The molecular formula is C12H17N2O4P. The number of aryl methyl sites for hydroxylation is 2. The first-order valence-corrected chi connectivity index (χ1v) is 7.16. The van der Waals surface area contributed by atoms with Gasteiger partial charge in [-0.15, -0.1) is 0 Å². The van der Waals surface area contributed by atoms with E-state index < -0.39 is 14.8 Å². The molecule has 1 aliphatic rings. The Morgan fingerprint density at radius 3 is 2.68 bits per heavy atom. The molecule has 1 heterocycles. The zero-order valence-electron chi connectivity index (χ0n) is 11.1. The fourth-order valence-electron chi connectivity index (χ4n) is 2.03. The molecule has 1 aromatic carbocycles. The fourth-order valence-corrected chi connectivity index (χ4v) is 3.03. The lowest BCUT2D eigenvalue weighted by atomic mass is 10.0. The van der Waals surface area contributed by atoms with Gasteiger partial charge in [-0.3, -0.25) is 9.09 Å². The third-order valence-corrected chi connectivity index (χ3v) is 4.44. The third kappa shape index (κ3) is 2.59. The number of quaternary nitrogens is 1. The van der Waals surface area contributed by atoms with Crippen molar-refractivity contribution < 1.29 is 19.4 Å². The number of fused-ring (bicyclic) bond motifs is 1. The summed E-state index contributed by atoms with van der Waals surface area (Å²) in [6.07, 6.45) is 1.51. The molecule has 6 nitrogen and oxygen atoms in total. The average molecular weight is 284 g/mol. The predicted molar refractivity (Wildman–Crippen MR) is 72.8 cm³/mol. The monoisotopic (exact) mass is 284 g/mol. The number of rotatable bonds is 3. The molecule has 2 N–H and O–H groups in total. The van der Waals surface area contributed by atoms with Crippen LogP contribution in [0.5, 0.6) is 0 Å². The van der Waals surface area contributed by atoms with Crippen molar-refractivity contribution in [1.82, 2.24) is 5.01 Å². The summed E-state index contributed by atoms with van der Waals surface area (Å²) in [5.74, 6) is 0. The van der Waals surface area contributed by atoms with Crippen molar-refractivity contribution in [2.24, 2.45) is 0 Å². The summed E-state index contributed by atoms with van der Waals surface area (Å²) in [6.45, 7) is 3.25. The van der Waals surface area contributed by atoms with Gasteiger partial charge in [0.05, 0.1) is 24.1 Å². The summed E-state index contributed by atoms with van der Waals surface area (Å²) in [5, 5.41) is 22.5. The van der Waals surface area contributed by atoms with Crippen LogP contribution in [0.3, 0.4) is 0 Å². The predicted octanol–water partition coefficient (Wildman–Crippen LogP) is 0.918. The minimum absolute atomic E-state index is 0.138. The Kier molecular flexibility index (Phi) is 4.08. The van der Waals surface area contributed by atoms with Gasteiger partial charge in [-0.1, -0.05) is 0 Å². The molecule has 0 aliphatic carbocycles. The largest absolute Gasteiger partial charge is 0.603 e. The van der Waals surface area contributed by atoms with E-state index in [4.69, 9.17) is 9.63 Å². The highest BCUT2D eigenvalue weighted by Crippen LogP contribution is 2.44. The van der Waals surface area contributed by atoms with Gasteiger partial charge in [0.25, 0.3) is 0 Å². The summed E-state index contributed by atoms with van der Waals surface area (Å²) >= 11 is 0. The lowest BCUT2D eigenvalue weighted by Crippen LogP contribution is -3.08. The van der Waals surface area contributed by atoms with Crippen LogP contribution < -0.4 is 5.17 Å². The first-order valence-electron chi connectivity index (χ1n) is 5.84. The maximum Gasteiger partial charge on any atom is 0.225 e. The summed E-state index contributed by atoms with van der Waals surface area (Å²) < 4.78 is 16.8. The number of aliphatic hydroxyl groups is 1. The molecule has 1 aliphatic heterocycles. The van der Waals surface area contributed by atoms with Gasteiger partial charge >= 0.3 is 0 Å². The maximum atomic E-state index is 12.1. The van der Waals surface area contributed by atoms with E-state index in [9.17, 15) is 9.77 Å². The van der Waals surface area contributed by atoms with Crippen molar-refractivity contribution in [3.8, 4) is 0 Å². The molecule has 0 spiro atoms. The van der Waals surface area contributed by atoms with Crippen molar-refractivity contribution in [2.45, 2.75) is 13.8 Å². The second-order valence-corrected chi connectivity index (χ2v) is 5.90. The van der Waals surface area contributed by atoms with Crippen LogP contribution in [0, 0.1) is 19.1 Å². The van der Waals surface area contributed by atoms with Gasteiger partial charge in [-0.05, 0) is 31.0 Å². The van der Waals surface area contributed by atoms with Gasteiger partial charge in [-0.2, -0.15) is 0 Å². The Morgan fingerprint density at radius 1 is 1.42 bits per heavy atom. The summed E-state index contributed by atoms with van der Waals surface area (Å²) in [6, 6.07) is 3.63. The van der Waals surface area contributed by atoms with Gasteiger partial charge in [-0.25, -0.2) is 10.2 Å². The molecular weight excluding hydrogens is 267 g/mol. The van der Waals surface area contributed by atoms with E-state index in [1.807, 2.05) is 19.9 Å². The highest BCUT2D eigenvalue weighted by Gasteiger charge is 2.26. The van der Waals surface area contributed by atoms with Crippen molar-refractivity contribution in [2.75, 3.05) is 13.8 Å². The van der Waals surface area contributed by atoms with E-state index in [1.54, 1.807) is 13.1 Å². The molecule has 2 unspecified atom stereocenters. The molecule has 0 amide bonds. The molecule has 0 bridgehead atoms. The molecule has 0 radical (unpaired) electrons. The zero-order chi connectivity index (χ0) is 14.2. The minimum atomic E-state index is -2.57. The van der Waals surface area contributed by atoms with Gasteiger partial charge in [0.1, 0.15) is 0 Å². The number of hydrogen-bond donors (Lipinski definition) is 2. The highest BCUT2D eigenvalue weighted by atomic mass is 31.1. The van der Waals surface area contributed by atoms with E-state index in [1.165, 1.54) is 11.2 Å². The van der Waals surface area contributed by atoms with Crippen molar-refractivity contribution in [3.63, 3.8) is 0 Å². The Balaban J connectivity index is 2.56. The fraction of sp³-hybridized carbons (Fsp3) is 0.333. The van der Waals surface area contributed by atoms with Crippen molar-refractivity contribution in [3.05, 3.63) is 40.2 Å². The molecule has 0 saturated carbocycles. The number of hydrogen-bond acceptors (Lipinski definition) is 5. The van der Waals surface area contributed by atoms with Gasteiger partial charge in [0.15, 0.2) is 12.5 Å². The summed E-state index contributed by atoms with van der Waals surface area (Å²) in [4.78, 5) is 0. The topological polar surface area (TPSA) is 77.3 Å². The van der Waals surface area contributed by atoms with E-state index >= 15 is 0 Å². The normalized spacial score (nSPS) is 19.9. The lowest BCUT2D eigenvalue weighted by molar-refractivity contribution is -0.899. The molecule has 7 heteroatoms. The number of nitrogens with zero attached hydrogens (tertiary/aromatic N) is 1. The SMILES string of the molecule is Cc1cc2c(cc1C)[NH+]([O-])N(C)C=C2[PH](=O)OCO. The molecule has 2 atom stereocenters. The first kappa shape index (κ1) is 14.2. The van der Waals surface area contributed by atoms with Crippen LogP contribution in [0.2, 0.25) is 0 Å². The second kappa shape index (κ2) is 5.45. The Bertz CT molecular complexity index is 559. The first-order chi connectivity index (χ1) is 8.95. The Hall–Kier alpha value is -1.17. The smallest absolute Gasteiger partial charge is 0.225 e. The lowest BCUT2D eigenvalue weighted by Gasteiger charge is -2.35. The van der Waals surface area contributed by atoms with Crippen molar-refractivity contribution >= 4 is 19.0 Å². The highest BCUT2D eigenvalue weighted by molar-refractivity contribution is 7.51. The van der Waals surface area contributed by atoms with Crippen LogP contribution in [0.25, 0.3) is 5.31 Å². The second-order valence-electron chi connectivity index (χ2n) is 4.50. The number of benzene rings is 1. The van der Waals surface area contributed by atoms with Crippen LogP contribution in [-0.4, -0.2) is 24.0 Å². The van der Waals surface area contributed by atoms with E-state index in [0.717, 1.165) is 11.1 Å². The summed E-state index contributed by atoms with van der Waals surface area (Å²) in [7, 11) is -0.965. The minimum Gasteiger partial charge on any atom is -0.603 e. The third-order valence-electron chi connectivity index (χ3n) is 3.21. The van der Waals surface area contributed by atoms with E-state index in [-0.39, 0.29) is 5.17 Å². The maximum absolute atomic E-state index is 12.1. The van der Waals surface area contributed by atoms with Crippen LogP contribution in [0.1, 0.15) is 16.7 Å². The van der Waals surface area contributed by atoms with Crippen LogP contribution in [0.4, 0.5) is 5.69 Å². The van der Waals surface area contributed by atoms with Crippen LogP contribution >= 0.6 is 8.03 Å². The van der Waals surface area contributed by atoms with Crippen LogP contribution in [0.15, 0.2) is 18.3 Å². The van der Waals surface area contributed by atoms with Gasteiger partial charge in [0, 0.05) is 6.07 Å². The average Bonchev–Trinajstić information content (AvgIpc) is 2.36. The van der Waals surface area contributed by atoms with E-state index in [0.29, 0.717) is 16.6 Å². The van der Waals surface area contributed by atoms with Crippen molar-refractivity contribution in [1.29, 1.82) is 0 Å². The quantitative estimate of drug-likeness (QED) is 0.490. The number of nitrogens with one attached hydrogen (secondary N) is 1. The molecule has 0 fully saturated rings. The molecule has 104 valence electrons. The molecule has 1 aromatic rings. The molecule has 19 heavy (non-hydrogen) atoms. The zero-order valence-corrected chi connectivity index (χ0v) is 12.1. The standard InChI is InChI=1S/C12H17N2O4P/c1-8-4-10-11(5-9(8)2)14(16)13(3)6-12(10)19(17)18-7-15/h4-6,14-15,19H,7H2,1-3H3. The number of aliphatic hydroxyl groups excluding tert-OH is 1. The molecule has 2 rings (SSSR count). The molecule has 0 saturated heterocycles. The Morgan fingerprint density at radius 2 is 2.05 bits per heavy atom. The van der Waals surface area contributed by atoms with Gasteiger partial charge < -0.3 is 10.3 Å². The van der Waals surface area contributed by atoms with Crippen LogP contribution in [-0.2, 0) is 9.09 Å². The molecule has 0 aromatic heterocycles. The Labute approximate surface area is 112 Å². The van der Waals surface area contributed by atoms with Gasteiger partial charge in [0.2, 0.25) is 8.03 Å². The van der Waals surface area contributed by atoms with E-state index in [2.05, 4.69) is 0 Å².